The fourth-order valence-electron chi connectivity index (χ4n) is 13.3. The first-order valence-corrected chi connectivity index (χ1v) is 46.0. The van der Waals surface area contributed by atoms with E-state index in [-0.39, 0.29) is 77.7 Å². The van der Waals surface area contributed by atoms with Crippen molar-refractivity contribution in [3.05, 3.63) is 124 Å². The number of fused-ring (bicyclic) bond motifs is 1. The second kappa shape index (κ2) is 53.7. The van der Waals surface area contributed by atoms with Crippen molar-refractivity contribution in [3.63, 3.8) is 0 Å². The monoisotopic (exact) mass is 1660 g/mol. The van der Waals surface area contributed by atoms with E-state index in [1.807, 2.05) is 81.5 Å². The molecule has 114 heavy (non-hydrogen) atoms. The fourth-order valence-corrected chi connectivity index (χ4v) is 15.9. The second-order valence-electron chi connectivity index (χ2n) is 31.6. The van der Waals surface area contributed by atoms with Gasteiger partial charge in [0, 0.05) is 49.1 Å². The number of ether oxygens (including phenoxy) is 9. The molecule has 1 fully saturated rings. The number of hydrogen-bond acceptors (Lipinski definition) is 20. The number of esters is 3. The third-order valence-electron chi connectivity index (χ3n) is 19.6. The number of unbranched alkanes of at least 4 members (excludes halogenated alkanes) is 23. The number of likely N-dealkylation sites (N-methyl/N-ethyl adjacent to an activating group) is 1. The lowest BCUT2D eigenvalue weighted by molar-refractivity contribution is -0.870. The molecule has 2 N–H and O–H groups in total. The third kappa shape index (κ3) is 39.6. The number of likely N-dealkylation sites (tertiary alicyclic amines) is 1. The van der Waals surface area contributed by atoms with Crippen molar-refractivity contribution < 1.29 is 89.6 Å². The first kappa shape index (κ1) is 96.3. The Morgan fingerprint density at radius 2 is 1.31 bits per heavy atom. The Bertz CT molecular complexity index is 3660. The Balaban J connectivity index is 0.993. The number of quaternary nitrogens is 1. The highest BCUT2D eigenvalue weighted by atomic mass is 35.5. The smallest absolute Gasteiger partial charge is 0.488 e. The number of nitrogens with one attached hydrogen (secondary N) is 1. The van der Waals surface area contributed by atoms with E-state index in [0.717, 1.165) is 66.3 Å². The standard InChI is InChI=1S/C88H130ClN4O18PS2/c1-11-13-15-17-19-21-23-25-27-29-31-33-35-43-78(76(66-108-112(99,100)107-50-49-93(8,9)10)91-83(94)44-36-34-32-30-28-26-24-22-20-18-16-14-12-2)110-85(96)48-47-84(95)103-53-55-113-114-56-54-104-87(98)109-73-60-77(86(97)111-88(4,5)6)92(63-73)62-71-58-75(89)81(61-80(71)105-64-68-39-37-41-72(57-68)90-7)106-65-70-40-38-42-74(67(70)3)69-45-46-79-82(59-69)102-52-51-101-79/h35,37-43,45-46,57-59,61,73,76-78H,11-34,36,44,47-56,60,62-66H2,1-6,8-10H3,(H-,91,94,99,100)/p+1/b43-35+/t73-,76+,77-,78-/m1/s1. The van der Waals surface area contributed by atoms with Crippen molar-refractivity contribution in [3.8, 4) is 34.1 Å². The van der Waals surface area contributed by atoms with E-state index < -0.39 is 68.4 Å². The van der Waals surface area contributed by atoms with Crippen LogP contribution in [-0.4, -0.2) is 160 Å². The molecule has 2 heterocycles. The molecule has 0 saturated carbocycles. The van der Waals surface area contributed by atoms with Gasteiger partial charge >= 0.3 is 31.9 Å². The van der Waals surface area contributed by atoms with Crippen LogP contribution in [0.2, 0.25) is 5.02 Å². The summed E-state index contributed by atoms with van der Waals surface area (Å²) in [6, 6.07) is 20.6. The summed E-state index contributed by atoms with van der Waals surface area (Å²) in [6.07, 6.45) is 29.4. The summed E-state index contributed by atoms with van der Waals surface area (Å²) in [6.45, 7) is 20.9. The van der Waals surface area contributed by atoms with Gasteiger partial charge < -0.3 is 57.3 Å². The summed E-state index contributed by atoms with van der Waals surface area (Å²) >= 11 is 7.09. The number of nitrogens with zero attached hydrogens (tertiary/aromatic N) is 3. The zero-order chi connectivity index (χ0) is 82.4. The normalized spacial score (nSPS) is 15.4. The number of hydrogen-bond donors (Lipinski definition) is 2. The lowest BCUT2D eigenvalue weighted by Crippen LogP contribution is -2.47. The fraction of sp³-hybridized carbons (Fsp3) is 0.636. The molecule has 0 aliphatic carbocycles. The predicted molar refractivity (Wildman–Crippen MR) is 453 cm³/mol. The van der Waals surface area contributed by atoms with Crippen LogP contribution in [0.25, 0.3) is 16.0 Å². The number of benzene rings is 4. The Morgan fingerprint density at radius 3 is 1.95 bits per heavy atom. The molecule has 5 atom stereocenters. The maximum Gasteiger partial charge on any atom is 0.508 e. The van der Waals surface area contributed by atoms with Crippen molar-refractivity contribution in [1.29, 1.82) is 0 Å². The molecule has 1 amide bonds. The maximum atomic E-state index is 14.0. The highest BCUT2D eigenvalue weighted by molar-refractivity contribution is 8.76. The number of phosphoric ester groups is 1. The molecule has 1 unspecified atom stereocenters. The number of carbonyl (C=O) groups is 5. The number of amides is 1. The molecule has 1 saturated heterocycles. The minimum atomic E-state index is -4.61. The lowest BCUT2D eigenvalue weighted by atomic mass is 9.96. The average molecular weight is 1660 g/mol. The Morgan fingerprint density at radius 1 is 0.702 bits per heavy atom. The van der Waals surface area contributed by atoms with Gasteiger partial charge in [0.05, 0.1) is 58.2 Å². The first-order chi connectivity index (χ1) is 54.8. The highest BCUT2D eigenvalue weighted by Gasteiger charge is 2.42. The predicted octanol–water partition coefficient (Wildman–Crippen LogP) is 20.9. The zero-order valence-electron chi connectivity index (χ0n) is 69.5. The molecule has 0 spiro atoms. The summed E-state index contributed by atoms with van der Waals surface area (Å²) in [5.41, 5.74) is 4.94. The van der Waals surface area contributed by atoms with Crippen LogP contribution >= 0.6 is 41.0 Å². The topological polar surface area (TPSA) is 244 Å². The van der Waals surface area contributed by atoms with Gasteiger partial charge in [-0.25, -0.2) is 14.2 Å². The number of phosphoric acid groups is 1. The van der Waals surface area contributed by atoms with Crippen LogP contribution in [0.3, 0.4) is 0 Å². The number of rotatable bonds is 58. The Hall–Kier alpha value is -6.52. The van der Waals surface area contributed by atoms with Gasteiger partial charge in [-0.15, -0.1) is 0 Å². The lowest BCUT2D eigenvalue weighted by Gasteiger charge is -2.27. The van der Waals surface area contributed by atoms with Gasteiger partial charge in [-0.1, -0.05) is 237 Å². The van der Waals surface area contributed by atoms with Gasteiger partial charge in [-0.3, -0.25) is 33.1 Å². The highest BCUT2D eigenvalue weighted by Crippen LogP contribution is 2.44. The van der Waals surface area contributed by atoms with Crippen LogP contribution in [0, 0.1) is 13.5 Å². The second-order valence-corrected chi connectivity index (χ2v) is 36.2. The van der Waals surface area contributed by atoms with Crippen molar-refractivity contribution in [2.24, 2.45) is 0 Å². The molecule has 0 radical (unpaired) electrons. The summed E-state index contributed by atoms with van der Waals surface area (Å²) in [7, 11) is 3.97. The van der Waals surface area contributed by atoms with Gasteiger partial charge in [0.25, 0.3) is 0 Å². The molecular formula is C88H131ClN4O18PS2+. The van der Waals surface area contributed by atoms with Crippen LogP contribution in [0.5, 0.6) is 23.0 Å². The number of carbonyl (C=O) groups excluding carboxylic acids is 5. The van der Waals surface area contributed by atoms with Crippen molar-refractivity contribution in [1.82, 2.24) is 10.2 Å². The molecule has 22 nitrogen and oxygen atoms in total. The maximum absolute atomic E-state index is 14.0. The Kier molecular flexibility index (Phi) is 45.4. The average Bonchev–Trinajstić information content (AvgIpc) is 1.59. The first-order valence-electron chi connectivity index (χ1n) is 41.6. The third-order valence-corrected chi connectivity index (χ3v) is 23.2. The zero-order valence-corrected chi connectivity index (χ0v) is 72.7. The molecule has 0 bridgehead atoms. The molecule has 4 aromatic carbocycles. The van der Waals surface area contributed by atoms with Gasteiger partial charge in [-0.05, 0) is 105 Å². The number of allylic oxidation sites excluding steroid dienone is 1. The van der Waals surface area contributed by atoms with Gasteiger partial charge in [0.15, 0.2) is 17.2 Å². The van der Waals surface area contributed by atoms with E-state index in [1.54, 1.807) is 57.2 Å². The molecule has 2 aliphatic rings. The molecule has 26 heteroatoms. The summed E-state index contributed by atoms with van der Waals surface area (Å²) in [5.74, 6) is 0.780. The van der Waals surface area contributed by atoms with Crippen molar-refractivity contribution in [2.45, 2.75) is 277 Å². The molecule has 634 valence electrons. The summed E-state index contributed by atoms with van der Waals surface area (Å²) < 4.78 is 78.0. The quantitative estimate of drug-likeness (QED) is 0.00610. The van der Waals surface area contributed by atoms with Gasteiger partial charge in [-0.2, -0.15) is 0 Å². The Labute approximate surface area is 692 Å². The van der Waals surface area contributed by atoms with Crippen molar-refractivity contribution >= 4 is 76.7 Å². The van der Waals surface area contributed by atoms with E-state index in [9.17, 15) is 33.4 Å². The van der Waals surface area contributed by atoms with Crippen LogP contribution in [0.15, 0.2) is 84.9 Å². The summed E-state index contributed by atoms with van der Waals surface area (Å²) in [5, 5.41) is 3.25. The van der Waals surface area contributed by atoms with Crippen molar-refractivity contribution in [2.75, 3.05) is 85.4 Å². The minimum absolute atomic E-state index is 0.00270. The molecular weight excluding hydrogens is 1530 g/mol. The van der Waals surface area contributed by atoms with E-state index in [4.69, 9.17) is 69.9 Å². The minimum Gasteiger partial charge on any atom is -0.488 e. The van der Waals surface area contributed by atoms with E-state index >= 15 is 0 Å². The van der Waals surface area contributed by atoms with E-state index in [0.29, 0.717) is 87.9 Å². The largest absolute Gasteiger partial charge is 0.508 e. The van der Waals surface area contributed by atoms with Crippen LogP contribution < -0.4 is 24.3 Å². The van der Waals surface area contributed by atoms with Gasteiger partial charge in [0.1, 0.15) is 88.1 Å². The molecule has 0 aromatic heterocycles. The van der Waals surface area contributed by atoms with Gasteiger partial charge in [0.2, 0.25) is 5.91 Å². The molecule has 4 aromatic rings. The SMILES string of the molecule is [C-]#[N+]c1cccc(COc2cc(OCc3cccc(-c4ccc5c(c4)OCCO5)c3C)c(Cl)cc2CN2C[C@H](OC(=O)OCCSSCCOC(=O)CCC(=O)O[C@H](/C=C/CCCCCCCCCCCCC)[C@H](COP(=O)(O)OCC[N+](C)(C)C)NC(=O)CCCCCCCCCCCCCCC)C[C@@H]2C(=O)OC(C)(C)C)c1. The molecule has 6 rings (SSSR count). The van der Waals surface area contributed by atoms with E-state index in [2.05, 4.69) is 24.0 Å². The molecule has 2 aliphatic heterocycles. The van der Waals surface area contributed by atoms with E-state index in [1.165, 1.54) is 131 Å². The van der Waals surface area contributed by atoms with Crippen LogP contribution in [0.1, 0.15) is 243 Å². The number of halogens is 1. The van der Waals surface area contributed by atoms with Crippen LogP contribution in [-0.2, 0) is 76.2 Å². The summed E-state index contributed by atoms with van der Waals surface area (Å²) in [4.78, 5) is 84.0. The van der Waals surface area contributed by atoms with Crippen LogP contribution in [0.4, 0.5) is 10.5 Å².